The monoisotopic (exact) mass is 226 g/mol. The Hall–Kier alpha value is -0.370. The van der Waals surface area contributed by atoms with Gasteiger partial charge in [-0.2, -0.15) is 0 Å². The number of rotatable bonds is 7. The summed E-state index contributed by atoms with van der Waals surface area (Å²) in [4.78, 5) is 11.5. The molecule has 1 saturated carbocycles. The molecule has 1 N–H and O–H groups in total. The van der Waals surface area contributed by atoms with Gasteiger partial charge in [0.1, 0.15) is 5.78 Å². The highest BCUT2D eigenvalue weighted by atomic mass is 16.3. The van der Waals surface area contributed by atoms with E-state index >= 15 is 0 Å². The van der Waals surface area contributed by atoms with E-state index in [-0.39, 0.29) is 17.6 Å². The third kappa shape index (κ3) is 3.89. The number of hydrogen-bond acceptors (Lipinski definition) is 2. The van der Waals surface area contributed by atoms with Crippen molar-refractivity contribution in [3.05, 3.63) is 0 Å². The second kappa shape index (κ2) is 7.05. The minimum atomic E-state index is -0.392. The Labute approximate surface area is 99.4 Å². The van der Waals surface area contributed by atoms with Gasteiger partial charge in [0.15, 0.2) is 0 Å². The molecule has 2 heteroatoms. The highest BCUT2D eigenvalue weighted by Crippen LogP contribution is 2.29. The fraction of sp³-hybridized carbons (Fsp3) is 0.929. The minimum Gasteiger partial charge on any atom is -0.392 e. The Morgan fingerprint density at radius 1 is 1.38 bits per heavy atom. The average molecular weight is 226 g/mol. The molecule has 0 aromatic heterocycles. The number of unbranched alkanes of at least 4 members (excludes halogenated alkanes) is 3. The van der Waals surface area contributed by atoms with Gasteiger partial charge in [-0.1, -0.05) is 39.5 Å². The van der Waals surface area contributed by atoms with Crippen molar-refractivity contribution < 1.29 is 9.90 Å². The van der Waals surface area contributed by atoms with E-state index in [0.717, 1.165) is 19.3 Å². The van der Waals surface area contributed by atoms with Crippen molar-refractivity contribution in [1.82, 2.24) is 0 Å². The fourth-order valence-corrected chi connectivity index (χ4v) is 2.66. The van der Waals surface area contributed by atoms with Crippen molar-refractivity contribution in [3.63, 3.8) is 0 Å². The Morgan fingerprint density at radius 2 is 2.12 bits per heavy atom. The summed E-state index contributed by atoms with van der Waals surface area (Å²) in [7, 11) is 0. The van der Waals surface area contributed by atoms with Crippen molar-refractivity contribution in [2.45, 2.75) is 71.3 Å². The molecule has 1 aliphatic carbocycles. The van der Waals surface area contributed by atoms with Crippen LogP contribution in [0.3, 0.4) is 0 Å². The molecule has 16 heavy (non-hydrogen) atoms. The van der Waals surface area contributed by atoms with Crippen molar-refractivity contribution in [1.29, 1.82) is 0 Å². The Balaban J connectivity index is 2.24. The molecule has 0 aliphatic heterocycles. The van der Waals surface area contributed by atoms with Crippen LogP contribution >= 0.6 is 0 Å². The number of carbonyl (C=O) groups is 1. The maximum atomic E-state index is 11.5. The van der Waals surface area contributed by atoms with Gasteiger partial charge in [0.05, 0.1) is 6.10 Å². The summed E-state index contributed by atoms with van der Waals surface area (Å²) in [5, 5.41) is 10.1. The normalized spacial score (nSPS) is 24.7. The van der Waals surface area contributed by atoms with Gasteiger partial charge >= 0.3 is 0 Å². The van der Waals surface area contributed by atoms with E-state index in [1.807, 2.05) is 0 Å². The predicted octanol–water partition coefficient (Wildman–Crippen LogP) is 3.32. The van der Waals surface area contributed by atoms with Gasteiger partial charge in [0, 0.05) is 12.3 Å². The smallest absolute Gasteiger partial charge is 0.138 e. The van der Waals surface area contributed by atoms with E-state index in [0.29, 0.717) is 6.42 Å². The first-order valence-corrected chi connectivity index (χ1v) is 6.87. The molecule has 0 amide bonds. The SMILES string of the molecule is CCCCCCC(C)C(O)C1CCCC1=O. The minimum absolute atomic E-state index is 0.0545. The van der Waals surface area contributed by atoms with Crippen LogP contribution in [0.25, 0.3) is 0 Å². The molecule has 0 aromatic rings. The van der Waals surface area contributed by atoms with E-state index < -0.39 is 6.10 Å². The number of hydrogen-bond donors (Lipinski definition) is 1. The van der Waals surface area contributed by atoms with E-state index in [2.05, 4.69) is 13.8 Å². The molecule has 0 aromatic carbocycles. The first-order chi connectivity index (χ1) is 7.66. The van der Waals surface area contributed by atoms with Crippen LogP contribution in [0.4, 0.5) is 0 Å². The Morgan fingerprint density at radius 3 is 2.69 bits per heavy atom. The quantitative estimate of drug-likeness (QED) is 0.676. The first-order valence-electron chi connectivity index (χ1n) is 6.87. The molecule has 3 unspecified atom stereocenters. The fourth-order valence-electron chi connectivity index (χ4n) is 2.66. The van der Waals surface area contributed by atoms with Crippen molar-refractivity contribution in [3.8, 4) is 0 Å². The zero-order valence-corrected chi connectivity index (χ0v) is 10.7. The van der Waals surface area contributed by atoms with Crippen LogP contribution in [0.1, 0.15) is 65.2 Å². The number of aliphatic hydroxyl groups is 1. The number of carbonyl (C=O) groups excluding carboxylic acids is 1. The van der Waals surface area contributed by atoms with Gasteiger partial charge in [0.25, 0.3) is 0 Å². The summed E-state index contributed by atoms with van der Waals surface area (Å²) >= 11 is 0. The predicted molar refractivity (Wildman–Crippen MR) is 66.3 cm³/mol. The molecular formula is C14H26O2. The van der Waals surface area contributed by atoms with Crippen LogP contribution < -0.4 is 0 Å². The van der Waals surface area contributed by atoms with Gasteiger partial charge < -0.3 is 5.11 Å². The molecule has 1 aliphatic rings. The highest BCUT2D eigenvalue weighted by molar-refractivity contribution is 5.83. The average Bonchev–Trinajstić information content (AvgIpc) is 2.69. The van der Waals surface area contributed by atoms with Gasteiger partial charge in [-0.05, 0) is 25.2 Å². The molecule has 0 bridgehead atoms. The summed E-state index contributed by atoms with van der Waals surface area (Å²) < 4.78 is 0. The number of Topliss-reactive ketones (excluding diaryl/α,β-unsaturated/α-hetero) is 1. The highest BCUT2D eigenvalue weighted by Gasteiger charge is 2.33. The maximum absolute atomic E-state index is 11.5. The molecule has 2 nitrogen and oxygen atoms in total. The van der Waals surface area contributed by atoms with Crippen molar-refractivity contribution in [2.75, 3.05) is 0 Å². The molecule has 0 saturated heterocycles. The largest absolute Gasteiger partial charge is 0.392 e. The second-order valence-corrected chi connectivity index (χ2v) is 5.28. The summed E-state index contributed by atoms with van der Waals surface area (Å²) in [5.41, 5.74) is 0. The molecular weight excluding hydrogens is 200 g/mol. The summed E-state index contributed by atoms with van der Waals surface area (Å²) in [6.45, 7) is 4.29. The molecule has 1 rings (SSSR count). The lowest BCUT2D eigenvalue weighted by atomic mass is 9.87. The molecule has 3 atom stereocenters. The summed E-state index contributed by atoms with van der Waals surface area (Å²) in [6.07, 6.45) is 8.21. The summed E-state index contributed by atoms with van der Waals surface area (Å²) in [5.74, 6) is 0.512. The van der Waals surface area contributed by atoms with E-state index in [1.54, 1.807) is 0 Å². The lowest BCUT2D eigenvalue weighted by Gasteiger charge is -2.23. The lowest BCUT2D eigenvalue weighted by molar-refractivity contribution is -0.124. The zero-order chi connectivity index (χ0) is 12.0. The molecule has 94 valence electrons. The number of ketones is 1. The van der Waals surface area contributed by atoms with E-state index in [9.17, 15) is 9.90 Å². The van der Waals surface area contributed by atoms with Crippen LogP contribution in [0, 0.1) is 11.8 Å². The van der Waals surface area contributed by atoms with Gasteiger partial charge in [-0.25, -0.2) is 0 Å². The summed E-state index contributed by atoms with van der Waals surface area (Å²) in [6, 6.07) is 0. The van der Waals surface area contributed by atoms with Crippen LogP contribution in [0.2, 0.25) is 0 Å². The molecule has 0 heterocycles. The maximum Gasteiger partial charge on any atom is 0.138 e. The van der Waals surface area contributed by atoms with Gasteiger partial charge in [-0.3, -0.25) is 4.79 Å². The van der Waals surface area contributed by atoms with E-state index in [4.69, 9.17) is 0 Å². The van der Waals surface area contributed by atoms with Crippen LogP contribution in [0.15, 0.2) is 0 Å². The first kappa shape index (κ1) is 13.7. The van der Waals surface area contributed by atoms with Gasteiger partial charge in [-0.15, -0.1) is 0 Å². The van der Waals surface area contributed by atoms with E-state index in [1.165, 1.54) is 25.7 Å². The molecule has 0 radical (unpaired) electrons. The lowest BCUT2D eigenvalue weighted by Crippen LogP contribution is -2.30. The second-order valence-electron chi connectivity index (χ2n) is 5.28. The van der Waals surface area contributed by atoms with Crippen LogP contribution in [-0.2, 0) is 4.79 Å². The topological polar surface area (TPSA) is 37.3 Å². The third-order valence-corrected chi connectivity index (χ3v) is 3.86. The van der Waals surface area contributed by atoms with Crippen LogP contribution in [0.5, 0.6) is 0 Å². The number of aliphatic hydroxyl groups excluding tert-OH is 1. The Bertz CT molecular complexity index is 213. The van der Waals surface area contributed by atoms with Crippen LogP contribution in [-0.4, -0.2) is 17.0 Å². The Kier molecular flexibility index (Phi) is 6.04. The zero-order valence-electron chi connectivity index (χ0n) is 10.7. The van der Waals surface area contributed by atoms with Crippen molar-refractivity contribution in [2.24, 2.45) is 11.8 Å². The molecule has 1 fully saturated rings. The van der Waals surface area contributed by atoms with Gasteiger partial charge in [0.2, 0.25) is 0 Å². The third-order valence-electron chi connectivity index (χ3n) is 3.86. The molecule has 0 spiro atoms. The standard InChI is InChI=1S/C14H26O2/c1-3-4-5-6-8-11(2)14(16)12-9-7-10-13(12)15/h11-12,14,16H,3-10H2,1-2H3. The van der Waals surface area contributed by atoms with Crippen molar-refractivity contribution >= 4 is 5.78 Å².